The number of amides is 2. The van der Waals surface area contributed by atoms with Gasteiger partial charge in [-0.15, -0.1) is 0 Å². The number of carbonyl (C=O) groups is 2. The van der Waals surface area contributed by atoms with E-state index < -0.39 is 6.04 Å². The van der Waals surface area contributed by atoms with E-state index in [0.717, 1.165) is 37.9 Å². The third-order valence-electron chi connectivity index (χ3n) is 6.37. The number of carbonyl (C=O) groups excluding carboxylic acids is 2. The minimum atomic E-state index is -0.410. The van der Waals surface area contributed by atoms with E-state index in [0.29, 0.717) is 19.5 Å². The molecular formula is C22H33N3O2. The summed E-state index contributed by atoms with van der Waals surface area (Å²) in [4.78, 5) is 27.9. The Morgan fingerprint density at radius 1 is 1.26 bits per heavy atom. The molecular weight excluding hydrogens is 338 g/mol. The van der Waals surface area contributed by atoms with Crippen molar-refractivity contribution in [3.05, 3.63) is 35.4 Å². The number of nitrogens with one attached hydrogen (secondary N) is 2. The number of hydrogen-bond acceptors (Lipinski definition) is 3. The van der Waals surface area contributed by atoms with Gasteiger partial charge in [0.2, 0.25) is 11.8 Å². The Kier molecular flexibility index (Phi) is 6.20. The van der Waals surface area contributed by atoms with Crippen LogP contribution in [-0.2, 0) is 22.6 Å². The lowest BCUT2D eigenvalue weighted by molar-refractivity contribution is -0.144. The number of benzene rings is 1. The van der Waals surface area contributed by atoms with Crippen LogP contribution in [0.2, 0.25) is 0 Å². The molecule has 2 aliphatic heterocycles. The van der Waals surface area contributed by atoms with Crippen LogP contribution in [0.15, 0.2) is 24.3 Å². The molecule has 5 heteroatoms. The number of hydrogen-bond donors (Lipinski definition) is 2. The average Bonchev–Trinajstić information content (AvgIpc) is 2.70. The maximum atomic E-state index is 13.1. The van der Waals surface area contributed by atoms with Crippen molar-refractivity contribution >= 4 is 11.8 Å². The Bertz CT molecular complexity index is 682. The second kappa shape index (κ2) is 8.42. The summed E-state index contributed by atoms with van der Waals surface area (Å²) in [5.41, 5.74) is 2.47. The topological polar surface area (TPSA) is 61.4 Å². The van der Waals surface area contributed by atoms with Crippen molar-refractivity contribution in [2.24, 2.45) is 11.3 Å². The maximum Gasteiger partial charge on any atom is 0.243 e. The summed E-state index contributed by atoms with van der Waals surface area (Å²) >= 11 is 0. The van der Waals surface area contributed by atoms with Crippen LogP contribution < -0.4 is 10.6 Å². The molecule has 0 spiro atoms. The number of nitrogens with zero attached hydrogens (tertiary/aromatic N) is 1. The largest absolute Gasteiger partial charge is 0.354 e. The van der Waals surface area contributed by atoms with E-state index in [2.05, 4.69) is 29.7 Å². The normalized spacial score (nSPS) is 22.6. The summed E-state index contributed by atoms with van der Waals surface area (Å²) in [6, 6.07) is 7.75. The zero-order valence-electron chi connectivity index (χ0n) is 16.9. The van der Waals surface area contributed by atoms with E-state index in [1.165, 1.54) is 5.56 Å². The molecule has 148 valence electrons. The summed E-state index contributed by atoms with van der Waals surface area (Å²) in [6.07, 6.45) is 3.52. The van der Waals surface area contributed by atoms with Gasteiger partial charge in [0.1, 0.15) is 6.04 Å². The van der Waals surface area contributed by atoms with Crippen LogP contribution in [0.3, 0.4) is 0 Å². The lowest BCUT2D eigenvalue weighted by Gasteiger charge is -2.39. The van der Waals surface area contributed by atoms with Gasteiger partial charge < -0.3 is 15.5 Å². The lowest BCUT2D eigenvalue weighted by Crippen LogP contribution is -2.55. The standard InChI is InChI=1S/C22H33N3O2/c1-4-16(2)21(27)25-14-18-8-6-5-7-17(18)13-19(25)20(26)24-15-22(3)9-11-23-12-10-22/h5-8,16,19,23H,4,9-15H2,1-3H3,(H,24,26). The summed E-state index contributed by atoms with van der Waals surface area (Å²) in [6.45, 7) is 9.42. The highest BCUT2D eigenvalue weighted by Crippen LogP contribution is 2.28. The van der Waals surface area contributed by atoms with Gasteiger partial charge in [-0.25, -0.2) is 0 Å². The second-order valence-electron chi connectivity index (χ2n) is 8.54. The van der Waals surface area contributed by atoms with Gasteiger partial charge in [-0.3, -0.25) is 9.59 Å². The molecule has 0 saturated carbocycles. The highest BCUT2D eigenvalue weighted by atomic mass is 16.2. The first-order chi connectivity index (χ1) is 12.9. The molecule has 1 saturated heterocycles. The summed E-state index contributed by atoms with van der Waals surface area (Å²) in [5.74, 6) is 0.00800. The maximum absolute atomic E-state index is 13.1. The molecule has 3 rings (SSSR count). The van der Waals surface area contributed by atoms with Crippen LogP contribution in [0.4, 0.5) is 0 Å². The molecule has 1 aromatic rings. The molecule has 2 heterocycles. The van der Waals surface area contributed by atoms with E-state index in [-0.39, 0.29) is 23.1 Å². The third-order valence-corrected chi connectivity index (χ3v) is 6.37. The molecule has 5 nitrogen and oxygen atoms in total. The first kappa shape index (κ1) is 19.9. The Labute approximate surface area is 162 Å². The van der Waals surface area contributed by atoms with Crippen molar-refractivity contribution in [1.29, 1.82) is 0 Å². The number of fused-ring (bicyclic) bond motifs is 1. The average molecular weight is 372 g/mol. The van der Waals surface area contributed by atoms with Crippen molar-refractivity contribution in [3.8, 4) is 0 Å². The van der Waals surface area contributed by atoms with Gasteiger partial charge in [0.15, 0.2) is 0 Å². The smallest absolute Gasteiger partial charge is 0.243 e. The molecule has 1 aromatic carbocycles. The van der Waals surface area contributed by atoms with Crippen molar-refractivity contribution in [2.45, 2.75) is 59.0 Å². The Morgan fingerprint density at radius 2 is 1.93 bits per heavy atom. The highest BCUT2D eigenvalue weighted by Gasteiger charge is 2.37. The highest BCUT2D eigenvalue weighted by molar-refractivity contribution is 5.89. The molecule has 0 radical (unpaired) electrons. The van der Waals surface area contributed by atoms with Gasteiger partial charge >= 0.3 is 0 Å². The number of rotatable bonds is 5. The Hall–Kier alpha value is -1.88. The van der Waals surface area contributed by atoms with Gasteiger partial charge in [0.25, 0.3) is 0 Å². The molecule has 2 aliphatic rings. The van der Waals surface area contributed by atoms with Crippen LogP contribution in [0.1, 0.15) is 51.2 Å². The van der Waals surface area contributed by atoms with Crippen LogP contribution in [0.5, 0.6) is 0 Å². The minimum absolute atomic E-state index is 0.0130. The van der Waals surface area contributed by atoms with E-state index >= 15 is 0 Å². The first-order valence-corrected chi connectivity index (χ1v) is 10.3. The molecule has 0 aromatic heterocycles. The Balaban J connectivity index is 1.75. The van der Waals surface area contributed by atoms with Crippen LogP contribution in [-0.4, -0.2) is 42.4 Å². The molecule has 2 amide bonds. The zero-order valence-corrected chi connectivity index (χ0v) is 16.9. The molecule has 2 atom stereocenters. The number of piperidine rings is 1. The van der Waals surface area contributed by atoms with Gasteiger partial charge in [0.05, 0.1) is 0 Å². The van der Waals surface area contributed by atoms with Crippen LogP contribution >= 0.6 is 0 Å². The molecule has 0 aliphatic carbocycles. The van der Waals surface area contributed by atoms with Gasteiger partial charge in [-0.05, 0) is 48.9 Å². The molecule has 27 heavy (non-hydrogen) atoms. The molecule has 2 unspecified atom stereocenters. The Morgan fingerprint density at radius 3 is 2.59 bits per heavy atom. The fourth-order valence-electron chi connectivity index (χ4n) is 4.07. The van der Waals surface area contributed by atoms with Crippen molar-refractivity contribution in [1.82, 2.24) is 15.5 Å². The van der Waals surface area contributed by atoms with Crippen molar-refractivity contribution in [2.75, 3.05) is 19.6 Å². The fourth-order valence-corrected chi connectivity index (χ4v) is 4.07. The zero-order chi connectivity index (χ0) is 19.4. The lowest BCUT2D eigenvalue weighted by atomic mass is 9.81. The first-order valence-electron chi connectivity index (χ1n) is 10.3. The van der Waals surface area contributed by atoms with Gasteiger partial charge in [-0.1, -0.05) is 45.0 Å². The monoisotopic (exact) mass is 371 g/mol. The minimum Gasteiger partial charge on any atom is -0.354 e. The van der Waals surface area contributed by atoms with Crippen molar-refractivity contribution < 1.29 is 9.59 Å². The van der Waals surface area contributed by atoms with E-state index in [1.807, 2.05) is 26.0 Å². The molecule has 1 fully saturated rings. The predicted octanol–water partition coefficient (Wildman–Crippen LogP) is 2.49. The van der Waals surface area contributed by atoms with Gasteiger partial charge in [0, 0.05) is 25.4 Å². The molecule has 2 N–H and O–H groups in total. The fraction of sp³-hybridized carbons (Fsp3) is 0.636. The predicted molar refractivity (Wildman–Crippen MR) is 107 cm³/mol. The van der Waals surface area contributed by atoms with Crippen LogP contribution in [0, 0.1) is 11.3 Å². The molecule has 0 bridgehead atoms. The van der Waals surface area contributed by atoms with E-state index in [1.54, 1.807) is 4.90 Å². The van der Waals surface area contributed by atoms with Crippen LogP contribution in [0.25, 0.3) is 0 Å². The summed E-state index contributed by atoms with van der Waals surface area (Å²) < 4.78 is 0. The SMILES string of the molecule is CCC(C)C(=O)N1Cc2ccccc2CC1C(=O)NCC1(C)CCNCC1. The van der Waals surface area contributed by atoms with Gasteiger partial charge in [-0.2, -0.15) is 0 Å². The van der Waals surface area contributed by atoms with E-state index in [4.69, 9.17) is 0 Å². The summed E-state index contributed by atoms with van der Waals surface area (Å²) in [7, 11) is 0. The second-order valence-corrected chi connectivity index (χ2v) is 8.54. The summed E-state index contributed by atoms with van der Waals surface area (Å²) in [5, 5.41) is 6.55. The third kappa shape index (κ3) is 4.52. The quantitative estimate of drug-likeness (QED) is 0.836. The van der Waals surface area contributed by atoms with E-state index in [9.17, 15) is 9.59 Å². The van der Waals surface area contributed by atoms with Crippen molar-refractivity contribution in [3.63, 3.8) is 0 Å².